The van der Waals surface area contributed by atoms with E-state index in [1.807, 2.05) is 0 Å². The molecule has 0 aromatic rings. The molecule has 4 heteroatoms. The number of carbonyl (C=O) groups is 2. The summed E-state index contributed by atoms with van der Waals surface area (Å²) in [7, 11) is 1.70. The van der Waals surface area contributed by atoms with Crippen LogP contribution >= 0.6 is 0 Å². The smallest absolute Gasteiger partial charge is 0.331 e. The number of hydrogen-bond acceptors (Lipinski definition) is 3. The number of fused-ring (bicyclic) bond motifs is 2. The van der Waals surface area contributed by atoms with Crippen LogP contribution in [0.3, 0.4) is 0 Å². The molecule has 2 aliphatic carbocycles. The van der Waals surface area contributed by atoms with Gasteiger partial charge < -0.3 is 9.64 Å². The van der Waals surface area contributed by atoms with Gasteiger partial charge in [-0.05, 0) is 45.4 Å². The molecule has 1 saturated carbocycles. The summed E-state index contributed by atoms with van der Waals surface area (Å²) in [6, 6.07) is 0. The highest BCUT2D eigenvalue weighted by Crippen LogP contribution is 2.44. The maximum atomic E-state index is 12.6. The first-order valence-electron chi connectivity index (χ1n) is 7.01. The fourth-order valence-electron chi connectivity index (χ4n) is 3.03. The Bertz CT molecular complexity index is 414. The third kappa shape index (κ3) is 2.40. The van der Waals surface area contributed by atoms with E-state index in [2.05, 4.69) is 12.2 Å². The summed E-state index contributed by atoms with van der Waals surface area (Å²) in [5, 5.41) is 0. The molecule has 2 bridgehead atoms. The summed E-state index contributed by atoms with van der Waals surface area (Å²) in [5.41, 5.74) is -0.904. The first-order chi connectivity index (χ1) is 8.87. The van der Waals surface area contributed by atoms with Crippen LogP contribution in [0.5, 0.6) is 0 Å². The Labute approximate surface area is 114 Å². The first-order valence-corrected chi connectivity index (χ1v) is 7.01. The van der Waals surface area contributed by atoms with Crippen LogP contribution in [0.2, 0.25) is 0 Å². The fraction of sp³-hybridized carbons (Fsp3) is 0.733. The van der Waals surface area contributed by atoms with Crippen LogP contribution in [-0.2, 0) is 14.3 Å². The molecule has 1 fully saturated rings. The SMILES string of the molecule is CCOC(=O)C(C)(C)N(C)C(=O)[C@H]1C[C@H]2C=C[C@H]1C2. The van der Waals surface area contributed by atoms with Crippen molar-refractivity contribution in [2.45, 2.75) is 39.2 Å². The predicted octanol–water partition coefficient (Wildman–Crippen LogP) is 2.00. The molecule has 19 heavy (non-hydrogen) atoms. The lowest BCUT2D eigenvalue weighted by Crippen LogP contribution is -2.53. The predicted molar refractivity (Wildman–Crippen MR) is 72.3 cm³/mol. The monoisotopic (exact) mass is 265 g/mol. The minimum atomic E-state index is -0.904. The molecule has 0 unspecified atom stereocenters. The lowest BCUT2D eigenvalue weighted by molar-refractivity contribution is -0.161. The van der Waals surface area contributed by atoms with Gasteiger partial charge in [0.1, 0.15) is 5.54 Å². The van der Waals surface area contributed by atoms with Crippen LogP contribution in [0.25, 0.3) is 0 Å². The molecular weight excluding hydrogens is 242 g/mol. The number of carbonyl (C=O) groups excluding carboxylic acids is 2. The van der Waals surface area contributed by atoms with Gasteiger partial charge in [-0.15, -0.1) is 0 Å². The molecule has 0 saturated heterocycles. The highest BCUT2D eigenvalue weighted by atomic mass is 16.5. The average molecular weight is 265 g/mol. The number of hydrogen-bond donors (Lipinski definition) is 0. The lowest BCUT2D eigenvalue weighted by Gasteiger charge is -2.36. The Morgan fingerprint density at radius 3 is 2.47 bits per heavy atom. The zero-order valence-electron chi connectivity index (χ0n) is 12.2. The standard InChI is InChI=1S/C15H23NO3/c1-5-19-14(18)15(2,3)16(4)13(17)12-9-10-6-7-11(12)8-10/h6-7,10-12H,5,8-9H2,1-4H3/t10-,11-,12-/m0/s1. The molecule has 1 amide bonds. The van der Waals surface area contributed by atoms with Crippen molar-refractivity contribution in [2.75, 3.05) is 13.7 Å². The number of ether oxygens (including phenoxy) is 1. The molecule has 0 spiro atoms. The van der Waals surface area contributed by atoms with Gasteiger partial charge in [0.05, 0.1) is 6.61 Å². The van der Waals surface area contributed by atoms with Crippen LogP contribution in [-0.4, -0.2) is 36.0 Å². The topological polar surface area (TPSA) is 46.6 Å². The summed E-state index contributed by atoms with van der Waals surface area (Å²) in [5.74, 6) is 0.671. The van der Waals surface area contributed by atoms with E-state index < -0.39 is 5.54 Å². The highest BCUT2D eigenvalue weighted by molar-refractivity contribution is 5.88. The van der Waals surface area contributed by atoms with Gasteiger partial charge in [0.15, 0.2) is 0 Å². The normalized spacial score (nSPS) is 28.5. The van der Waals surface area contributed by atoms with Crippen LogP contribution in [0, 0.1) is 17.8 Å². The van der Waals surface area contributed by atoms with Gasteiger partial charge in [-0.2, -0.15) is 0 Å². The van der Waals surface area contributed by atoms with Crippen molar-refractivity contribution >= 4 is 11.9 Å². The summed E-state index contributed by atoms with van der Waals surface area (Å²) in [6.45, 7) is 5.59. The van der Waals surface area contributed by atoms with Crippen LogP contribution in [0.1, 0.15) is 33.6 Å². The Hall–Kier alpha value is -1.32. The maximum absolute atomic E-state index is 12.6. The van der Waals surface area contributed by atoms with Gasteiger partial charge in [0.25, 0.3) is 0 Å². The molecule has 0 aliphatic heterocycles. The van der Waals surface area contributed by atoms with Gasteiger partial charge >= 0.3 is 5.97 Å². The molecule has 0 heterocycles. The molecule has 0 N–H and O–H groups in total. The van der Waals surface area contributed by atoms with Crippen molar-refractivity contribution in [3.63, 3.8) is 0 Å². The van der Waals surface area contributed by atoms with Crippen LogP contribution < -0.4 is 0 Å². The quantitative estimate of drug-likeness (QED) is 0.577. The lowest BCUT2D eigenvalue weighted by atomic mass is 9.90. The van der Waals surface area contributed by atoms with E-state index in [1.165, 1.54) is 0 Å². The van der Waals surface area contributed by atoms with Crippen molar-refractivity contribution in [3.05, 3.63) is 12.2 Å². The van der Waals surface area contributed by atoms with Crippen molar-refractivity contribution in [3.8, 4) is 0 Å². The second-order valence-electron chi connectivity index (χ2n) is 6.06. The summed E-state index contributed by atoms with van der Waals surface area (Å²) in [6.07, 6.45) is 6.38. The van der Waals surface area contributed by atoms with E-state index in [-0.39, 0.29) is 17.8 Å². The minimum absolute atomic E-state index is 0.0358. The molecule has 0 aromatic heterocycles. The van der Waals surface area contributed by atoms with Gasteiger partial charge in [-0.25, -0.2) is 4.79 Å². The van der Waals surface area contributed by atoms with Gasteiger partial charge in [0, 0.05) is 13.0 Å². The third-order valence-electron chi connectivity index (χ3n) is 4.54. The second kappa shape index (κ2) is 4.99. The number of likely N-dealkylation sites (N-methyl/N-ethyl adjacent to an activating group) is 1. The third-order valence-corrected chi connectivity index (χ3v) is 4.54. The first kappa shape index (κ1) is 14.1. The zero-order valence-corrected chi connectivity index (χ0v) is 12.2. The van der Waals surface area contributed by atoms with Gasteiger partial charge in [0.2, 0.25) is 5.91 Å². The minimum Gasteiger partial charge on any atom is -0.464 e. The Balaban J connectivity index is 2.06. The number of amides is 1. The zero-order chi connectivity index (χ0) is 14.2. The van der Waals surface area contributed by atoms with Crippen molar-refractivity contribution < 1.29 is 14.3 Å². The molecule has 3 atom stereocenters. The Kier molecular flexibility index (Phi) is 3.70. The molecule has 0 aromatic carbocycles. The number of nitrogens with zero attached hydrogens (tertiary/aromatic N) is 1. The second-order valence-corrected chi connectivity index (χ2v) is 6.06. The van der Waals surface area contributed by atoms with Crippen molar-refractivity contribution in [1.82, 2.24) is 4.90 Å². The molecular formula is C15H23NO3. The van der Waals surface area contributed by atoms with Crippen molar-refractivity contribution in [1.29, 1.82) is 0 Å². The van der Waals surface area contributed by atoms with E-state index in [0.717, 1.165) is 12.8 Å². The number of allylic oxidation sites excluding steroid dienone is 2. The van der Waals surface area contributed by atoms with Gasteiger partial charge in [-0.1, -0.05) is 12.2 Å². The van der Waals surface area contributed by atoms with E-state index in [1.54, 1.807) is 32.7 Å². The van der Waals surface area contributed by atoms with Gasteiger partial charge in [-0.3, -0.25) is 4.79 Å². The summed E-state index contributed by atoms with van der Waals surface area (Å²) in [4.78, 5) is 26.1. The van der Waals surface area contributed by atoms with E-state index in [0.29, 0.717) is 18.4 Å². The van der Waals surface area contributed by atoms with Crippen LogP contribution in [0.15, 0.2) is 12.2 Å². The fourth-order valence-corrected chi connectivity index (χ4v) is 3.03. The molecule has 2 aliphatic rings. The van der Waals surface area contributed by atoms with E-state index >= 15 is 0 Å². The van der Waals surface area contributed by atoms with Crippen molar-refractivity contribution in [2.24, 2.45) is 17.8 Å². The largest absolute Gasteiger partial charge is 0.464 e. The Morgan fingerprint density at radius 1 is 1.32 bits per heavy atom. The maximum Gasteiger partial charge on any atom is 0.331 e. The summed E-state index contributed by atoms with van der Waals surface area (Å²) >= 11 is 0. The molecule has 2 rings (SSSR count). The number of esters is 1. The molecule has 0 radical (unpaired) electrons. The van der Waals surface area contributed by atoms with E-state index in [9.17, 15) is 9.59 Å². The van der Waals surface area contributed by atoms with Crippen LogP contribution in [0.4, 0.5) is 0 Å². The molecule has 106 valence electrons. The highest BCUT2D eigenvalue weighted by Gasteiger charge is 2.45. The van der Waals surface area contributed by atoms with E-state index in [4.69, 9.17) is 4.74 Å². The summed E-state index contributed by atoms with van der Waals surface area (Å²) < 4.78 is 5.06. The number of rotatable bonds is 4. The molecule has 4 nitrogen and oxygen atoms in total. The Morgan fingerprint density at radius 2 is 2.00 bits per heavy atom. The average Bonchev–Trinajstić information content (AvgIpc) is 2.99.